The highest BCUT2D eigenvalue weighted by atomic mass is 32.2. The molecule has 19 heteroatoms. The largest absolute Gasteiger partial charge is 0.360 e. The lowest BCUT2D eigenvalue weighted by atomic mass is 9.95. The van der Waals surface area contributed by atoms with Gasteiger partial charge < -0.3 is 6.15 Å². The Morgan fingerprint density at radius 3 is 1.17 bits per heavy atom. The maximum atomic E-state index is 13.3. The van der Waals surface area contributed by atoms with Crippen molar-refractivity contribution < 1.29 is 74.4 Å². The third-order valence-electron chi connectivity index (χ3n) is 3.38. The van der Waals surface area contributed by atoms with Crippen molar-refractivity contribution in [3.63, 3.8) is 0 Å². The molecule has 0 amide bonds. The number of hydrogen-bond acceptors (Lipinski definition) is 3. The fourth-order valence-electron chi connectivity index (χ4n) is 1.73. The van der Waals surface area contributed by atoms with Crippen LogP contribution >= 0.6 is 0 Å². The van der Waals surface area contributed by atoms with Gasteiger partial charge in [0.15, 0.2) is 37.0 Å². The van der Waals surface area contributed by atoms with E-state index < -0.39 is 77.1 Å². The van der Waals surface area contributed by atoms with E-state index in [-0.39, 0.29) is 6.15 Å². The Morgan fingerprint density at radius 2 is 0.867 bits per heavy atom. The second-order valence-electron chi connectivity index (χ2n) is 5.48. The molecule has 0 aliphatic rings. The van der Waals surface area contributed by atoms with Crippen LogP contribution < -0.4 is 6.15 Å². The lowest BCUT2D eigenvalue weighted by molar-refractivity contribution is -0.264. The lowest BCUT2D eigenvalue weighted by Gasteiger charge is -2.33. The molecule has 4 nitrogen and oxygen atoms in total. The summed E-state index contributed by atoms with van der Waals surface area (Å²) in [7, 11) is -6.66. The summed E-state index contributed by atoms with van der Waals surface area (Å²) in [6, 6.07) is 0. The van der Waals surface area contributed by atoms with Crippen molar-refractivity contribution in [2.24, 2.45) is 0 Å². The Kier molecular flexibility index (Phi) is 10.8. The minimum absolute atomic E-state index is 0. The molecule has 4 N–H and O–H groups in total. The van der Waals surface area contributed by atoms with Gasteiger partial charge in [-0.3, -0.25) is 4.55 Å². The van der Waals surface area contributed by atoms with Gasteiger partial charge in [-0.05, 0) is 0 Å². The molecule has 0 aliphatic carbocycles. The van der Waals surface area contributed by atoms with Crippen molar-refractivity contribution in [1.29, 1.82) is 0 Å². The lowest BCUT2D eigenvalue weighted by Crippen LogP contribution is -2.60. The Bertz CT molecular complexity index is 637. The first-order chi connectivity index (χ1) is 12.7. The van der Waals surface area contributed by atoms with Gasteiger partial charge in [-0.15, -0.1) is 0 Å². The Balaban J connectivity index is 0. The van der Waals surface area contributed by atoms with Crippen LogP contribution in [0.2, 0.25) is 0 Å². The highest BCUT2D eigenvalue weighted by Crippen LogP contribution is 2.45. The van der Waals surface area contributed by atoms with E-state index >= 15 is 0 Å². The molecule has 0 radical (unpaired) electrons. The number of halogens is 14. The first-order valence-corrected chi connectivity index (χ1v) is 8.35. The first kappa shape index (κ1) is 31.1. The normalized spacial score (nSPS) is 21.7. The summed E-state index contributed by atoms with van der Waals surface area (Å²) >= 11 is 0. The summed E-state index contributed by atoms with van der Waals surface area (Å²) in [5, 5.41) is 0. The van der Waals surface area contributed by atoms with Crippen LogP contribution in [-0.4, -0.2) is 79.9 Å². The van der Waals surface area contributed by atoms with Crippen LogP contribution in [0.5, 0.6) is 0 Å². The third-order valence-corrected chi connectivity index (χ3v) is 4.20. The number of hydrogen-bond donors (Lipinski definition) is 2. The highest BCUT2D eigenvalue weighted by molar-refractivity contribution is 7.86. The van der Waals surface area contributed by atoms with Crippen LogP contribution in [0.4, 0.5) is 61.5 Å². The summed E-state index contributed by atoms with van der Waals surface area (Å²) in [6.07, 6.45) is -36.3. The van der Waals surface area contributed by atoms with E-state index in [1.165, 1.54) is 0 Å². The molecule has 0 bridgehead atoms. The minimum Gasteiger partial charge on any atom is -0.344 e. The zero-order valence-corrected chi connectivity index (χ0v) is 14.7. The van der Waals surface area contributed by atoms with Crippen molar-refractivity contribution in [2.45, 2.75) is 67.0 Å². The average Bonchev–Trinajstić information content (AvgIpc) is 2.61. The van der Waals surface area contributed by atoms with E-state index in [4.69, 9.17) is 4.55 Å². The Labute approximate surface area is 158 Å². The van der Waals surface area contributed by atoms with Gasteiger partial charge in [-0.2, -0.15) is 26.0 Å². The van der Waals surface area contributed by atoms with Crippen molar-refractivity contribution in [1.82, 2.24) is 6.15 Å². The van der Waals surface area contributed by atoms with Gasteiger partial charge in [0.1, 0.15) is 0 Å². The molecular weight excluding hydrogens is 492 g/mol. The van der Waals surface area contributed by atoms with Crippen LogP contribution in [0, 0.1) is 0 Å². The van der Waals surface area contributed by atoms with E-state index in [9.17, 15) is 69.9 Å². The van der Waals surface area contributed by atoms with Gasteiger partial charge in [-0.25, -0.2) is 43.9 Å². The van der Waals surface area contributed by atoms with Crippen molar-refractivity contribution in [3.05, 3.63) is 0 Å². The fraction of sp³-hybridized carbons (Fsp3) is 1.00. The summed E-state index contributed by atoms with van der Waals surface area (Å²) in [5.41, 5.74) is -5.28. The molecule has 0 heterocycles. The van der Waals surface area contributed by atoms with Crippen molar-refractivity contribution in [3.8, 4) is 0 Å². The summed E-state index contributed by atoms with van der Waals surface area (Å²) in [5.74, 6) is -13.6. The summed E-state index contributed by atoms with van der Waals surface area (Å²) < 4.78 is 209. The molecule has 0 spiro atoms. The van der Waals surface area contributed by atoms with E-state index in [2.05, 4.69) is 0 Å². The highest BCUT2D eigenvalue weighted by Gasteiger charge is 2.72. The maximum Gasteiger partial charge on any atom is 0.360 e. The van der Waals surface area contributed by atoms with Crippen LogP contribution in [0.3, 0.4) is 0 Å². The predicted octanol–water partition coefficient (Wildman–Crippen LogP) is 4.23. The second-order valence-corrected chi connectivity index (χ2v) is 6.92. The van der Waals surface area contributed by atoms with Gasteiger partial charge in [0.2, 0.25) is 6.17 Å². The van der Waals surface area contributed by atoms with Gasteiger partial charge >= 0.3 is 22.0 Å². The van der Waals surface area contributed by atoms with Crippen LogP contribution in [0.1, 0.15) is 0 Å². The molecule has 0 aliphatic heterocycles. The SMILES string of the molecule is N.O=S(=O)(O)C(F)C(F)(F)C(F)(F)C(F)C(F)C(F)C(F)C(F)C(F)C(F)C(F)F. The Morgan fingerprint density at radius 1 is 0.567 bits per heavy atom. The molecule has 0 aromatic heterocycles. The quantitative estimate of drug-likeness (QED) is 0.325. The molecule has 0 saturated carbocycles. The molecule has 30 heavy (non-hydrogen) atoms. The summed E-state index contributed by atoms with van der Waals surface area (Å²) in [6.45, 7) is 0. The predicted molar refractivity (Wildman–Crippen MR) is 71.6 cm³/mol. The van der Waals surface area contributed by atoms with E-state index in [1.54, 1.807) is 0 Å². The standard InChI is InChI=1S/C11H10F14O3S.H3N/c12-1(2(13)4(15)6(17)8(19)20)3(14)5(16)7(18)10(22,23)11(24,25)9(21)29(26,27)28;/h1-9H,(H,26,27,28);1H3. The molecule has 0 fully saturated rings. The zero-order chi connectivity index (χ0) is 23.7. The average molecular weight is 505 g/mol. The molecule has 0 aromatic rings. The molecule has 8 atom stereocenters. The second kappa shape index (κ2) is 10.5. The van der Waals surface area contributed by atoms with E-state index in [1.807, 2.05) is 0 Å². The molecule has 0 aromatic carbocycles. The third kappa shape index (κ3) is 6.21. The van der Waals surface area contributed by atoms with Gasteiger partial charge in [0.25, 0.3) is 11.9 Å². The van der Waals surface area contributed by atoms with Crippen LogP contribution in [0.25, 0.3) is 0 Å². The maximum absolute atomic E-state index is 13.3. The van der Waals surface area contributed by atoms with Gasteiger partial charge in [-0.1, -0.05) is 0 Å². The smallest absolute Gasteiger partial charge is 0.344 e. The van der Waals surface area contributed by atoms with Crippen molar-refractivity contribution in [2.75, 3.05) is 0 Å². The Hall–Kier alpha value is -1.11. The van der Waals surface area contributed by atoms with Crippen LogP contribution in [-0.2, 0) is 10.1 Å². The molecule has 0 rings (SSSR count). The molecule has 0 saturated heterocycles. The first-order valence-electron chi connectivity index (χ1n) is 6.85. The fourth-order valence-corrected chi connectivity index (χ4v) is 2.26. The number of rotatable bonds is 11. The van der Waals surface area contributed by atoms with Crippen LogP contribution in [0.15, 0.2) is 0 Å². The van der Waals surface area contributed by atoms with Crippen molar-refractivity contribution >= 4 is 10.1 Å². The molecule has 8 unspecified atom stereocenters. The number of alkyl halides is 14. The topological polar surface area (TPSA) is 89.4 Å². The molecule has 184 valence electrons. The van der Waals surface area contributed by atoms with E-state index in [0.717, 1.165) is 0 Å². The summed E-state index contributed by atoms with van der Waals surface area (Å²) in [4.78, 5) is 0. The van der Waals surface area contributed by atoms with Gasteiger partial charge in [0, 0.05) is 0 Å². The van der Waals surface area contributed by atoms with Gasteiger partial charge in [0.05, 0.1) is 0 Å². The zero-order valence-electron chi connectivity index (χ0n) is 13.9. The van der Waals surface area contributed by atoms with E-state index in [0.29, 0.717) is 0 Å². The monoisotopic (exact) mass is 505 g/mol. The minimum atomic E-state index is -6.82. The molecular formula is C11H13F14NO3S.